The van der Waals surface area contributed by atoms with Crippen molar-refractivity contribution < 1.29 is 9.13 Å². The molecule has 0 fully saturated rings. The van der Waals surface area contributed by atoms with Crippen LogP contribution >= 0.6 is 39.1 Å². The number of hydrogen-bond acceptors (Lipinski definition) is 5. The van der Waals surface area contributed by atoms with E-state index in [1.807, 2.05) is 13.8 Å². The molecule has 0 unspecified atom stereocenters. The Morgan fingerprint density at radius 1 is 1.24 bits per heavy atom. The number of nitrogens with zero attached hydrogens (tertiary/aromatic N) is 3. The van der Waals surface area contributed by atoms with Gasteiger partial charge in [-0.05, 0) is 53.5 Å². The SMILES string of the molecule is CC(C)Oc1nc(Cl)nc(Nc2c(Cl)cc(F)cc2Br)n1. The minimum Gasteiger partial charge on any atom is -0.461 e. The van der Waals surface area contributed by atoms with Crippen LogP contribution in [0.4, 0.5) is 16.0 Å². The van der Waals surface area contributed by atoms with E-state index in [4.69, 9.17) is 27.9 Å². The number of halogens is 4. The maximum atomic E-state index is 13.2. The Labute approximate surface area is 139 Å². The van der Waals surface area contributed by atoms with E-state index in [9.17, 15) is 4.39 Å². The summed E-state index contributed by atoms with van der Waals surface area (Å²) in [6, 6.07) is 2.52. The summed E-state index contributed by atoms with van der Waals surface area (Å²) in [5.74, 6) is -0.324. The molecule has 2 rings (SSSR count). The predicted molar refractivity (Wildman–Crippen MR) is 83.0 cm³/mol. The second-order valence-corrected chi connectivity index (χ2v) is 5.85. The van der Waals surface area contributed by atoms with Gasteiger partial charge in [0.25, 0.3) is 0 Å². The molecular weight excluding hydrogens is 386 g/mol. The smallest absolute Gasteiger partial charge is 0.322 e. The molecule has 0 amide bonds. The zero-order chi connectivity index (χ0) is 15.6. The lowest BCUT2D eigenvalue weighted by Gasteiger charge is -2.11. The van der Waals surface area contributed by atoms with Crippen LogP contribution in [0.5, 0.6) is 6.01 Å². The van der Waals surface area contributed by atoms with E-state index in [0.29, 0.717) is 10.2 Å². The maximum Gasteiger partial charge on any atom is 0.322 e. The van der Waals surface area contributed by atoms with Crippen molar-refractivity contribution in [2.75, 3.05) is 5.32 Å². The van der Waals surface area contributed by atoms with E-state index in [2.05, 4.69) is 36.2 Å². The molecule has 0 atom stereocenters. The molecule has 21 heavy (non-hydrogen) atoms. The third-order valence-corrected chi connectivity index (χ3v) is 3.26. The highest BCUT2D eigenvalue weighted by Crippen LogP contribution is 2.33. The van der Waals surface area contributed by atoms with Crippen molar-refractivity contribution in [3.05, 3.63) is 32.7 Å². The molecule has 0 aliphatic carbocycles. The van der Waals surface area contributed by atoms with Gasteiger partial charge in [-0.15, -0.1) is 0 Å². The van der Waals surface area contributed by atoms with Crippen molar-refractivity contribution in [1.29, 1.82) is 0 Å². The molecule has 0 aliphatic heterocycles. The molecule has 0 radical (unpaired) electrons. The average Bonchev–Trinajstić information content (AvgIpc) is 2.32. The Morgan fingerprint density at radius 2 is 1.95 bits per heavy atom. The van der Waals surface area contributed by atoms with Gasteiger partial charge in [0.2, 0.25) is 11.2 Å². The highest BCUT2D eigenvalue weighted by molar-refractivity contribution is 9.10. The molecule has 1 heterocycles. The van der Waals surface area contributed by atoms with Gasteiger partial charge in [-0.1, -0.05) is 11.6 Å². The lowest BCUT2D eigenvalue weighted by atomic mass is 10.3. The number of aromatic nitrogens is 3. The van der Waals surface area contributed by atoms with Crippen molar-refractivity contribution in [2.45, 2.75) is 20.0 Å². The fourth-order valence-corrected chi connectivity index (χ4v) is 2.48. The summed E-state index contributed by atoms with van der Waals surface area (Å²) in [6.07, 6.45) is -0.113. The first kappa shape index (κ1) is 16.2. The van der Waals surface area contributed by atoms with Crippen LogP contribution < -0.4 is 10.1 Å². The molecular formula is C12H10BrCl2FN4O. The van der Waals surface area contributed by atoms with Crippen molar-refractivity contribution >= 4 is 50.8 Å². The quantitative estimate of drug-likeness (QED) is 0.818. The van der Waals surface area contributed by atoms with Crippen LogP contribution in [0.15, 0.2) is 16.6 Å². The van der Waals surface area contributed by atoms with Gasteiger partial charge in [0.1, 0.15) is 5.82 Å². The standard InChI is InChI=1S/C12H10BrCl2FN4O/c1-5(2)21-12-19-10(15)18-11(20-12)17-9-7(13)3-6(16)4-8(9)14/h3-5H,1-2H3,(H,17,18,19,20). The molecule has 0 spiro atoms. The van der Waals surface area contributed by atoms with Crippen LogP contribution in [0.2, 0.25) is 10.3 Å². The van der Waals surface area contributed by atoms with Crippen LogP contribution in [0.25, 0.3) is 0 Å². The predicted octanol–water partition coefficient (Wildman–Crippen LogP) is 4.61. The normalized spacial score (nSPS) is 10.8. The maximum absolute atomic E-state index is 13.2. The fourth-order valence-electron chi connectivity index (χ4n) is 1.42. The molecule has 0 bridgehead atoms. The summed E-state index contributed by atoms with van der Waals surface area (Å²) in [5.41, 5.74) is 0.413. The molecule has 1 N–H and O–H groups in total. The Balaban J connectivity index is 2.33. The zero-order valence-electron chi connectivity index (χ0n) is 11.0. The minimum atomic E-state index is -0.463. The molecule has 0 saturated carbocycles. The Morgan fingerprint density at radius 3 is 2.57 bits per heavy atom. The second kappa shape index (κ2) is 6.72. The van der Waals surface area contributed by atoms with Crippen LogP contribution in [0.3, 0.4) is 0 Å². The van der Waals surface area contributed by atoms with Gasteiger partial charge < -0.3 is 10.1 Å². The third-order valence-electron chi connectivity index (χ3n) is 2.17. The van der Waals surface area contributed by atoms with Gasteiger partial charge in [-0.25, -0.2) is 4.39 Å². The van der Waals surface area contributed by atoms with Crippen LogP contribution in [-0.4, -0.2) is 21.1 Å². The number of ether oxygens (including phenoxy) is 1. The monoisotopic (exact) mass is 394 g/mol. The summed E-state index contributed by atoms with van der Waals surface area (Å²) in [4.78, 5) is 11.8. The highest BCUT2D eigenvalue weighted by atomic mass is 79.9. The van der Waals surface area contributed by atoms with Crippen LogP contribution in [-0.2, 0) is 0 Å². The van der Waals surface area contributed by atoms with Gasteiger partial charge in [-0.3, -0.25) is 0 Å². The first-order valence-electron chi connectivity index (χ1n) is 5.85. The Bertz CT molecular complexity index is 649. The van der Waals surface area contributed by atoms with E-state index in [0.717, 1.165) is 0 Å². The van der Waals surface area contributed by atoms with Crippen LogP contribution in [0, 0.1) is 5.82 Å². The minimum absolute atomic E-state index is 0.0301. The Kier molecular flexibility index (Phi) is 5.18. The largest absolute Gasteiger partial charge is 0.461 e. The number of benzene rings is 1. The van der Waals surface area contributed by atoms with Crippen LogP contribution in [0.1, 0.15) is 13.8 Å². The summed E-state index contributed by atoms with van der Waals surface area (Å²) < 4.78 is 19.0. The van der Waals surface area contributed by atoms with Gasteiger partial charge in [-0.2, -0.15) is 15.0 Å². The molecule has 1 aromatic heterocycles. The molecule has 5 nitrogen and oxygen atoms in total. The van der Waals surface area contributed by atoms with Crippen molar-refractivity contribution in [3.8, 4) is 6.01 Å². The summed E-state index contributed by atoms with van der Waals surface area (Å²) >= 11 is 15.0. The van der Waals surface area contributed by atoms with E-state index in [-0.39, 0.29) is 28.4 Å². The fraction of sp³-hybridized carbons (Fsp3) is 0.250. The number of hydrogen-bond donors (Lipinski definition) is 1. The molecule has 9 heteroatoms. The highest BCUT2D eigenvalue weighted by Gasteiger charge is 2.12. The first-order chi connectivity index (χ1) is 9.85. The summed E-state index contributed by atoms with van der Waals surface area (Å²) in [7, 11) is 0. The Hall–Kier alpha value is -1.18. The van der Waals surface area contributed by atoms with E-state index in [1.54, 1.807) is 0 Å². The zero-order valence-corrected chi connectivity index (χ0v) is 14.1. The first-order valence-corrected chi connectivity index (χ1v) is 7.40. The topological polar surface area (TPSA) is 59.9 Å². The van der Waals surface area contributed by atoms with Gasteiger partial charge in [0.05, 0.1) is 16.8 Å². The van der Waals surface area contributed by atoms with Crippen molar-refractivity contribution in [1.82, 2.24) is 15.0 Å². The van der Waals surface area contributed by atoms with E-state index in [1.165, 1.54) is 12.1 Å². The molecule has 0 aliphatic rings. The third kappa shape index (κ3) is 4.39. The number of anilines is 2. The van der Waals surface area contributed by atoms with Crippen molar-refractivity contribution in [3.63, 3.8) is 0 Å². The van der Waals surface area contributed by atoms with Gasteiger partial charge >= 0.3 is 6.01 Å². The molecule has 2 aromatic rings. The second-order valence-electron chi connectivity index (χ2n) is 4.25. The average molecular weight is 396 g/mol. The van der Waals surface area contributed by atoms with Gasteiger partial charge in [0, 0.05) is 4.47 Å². The summed E-state index contributed by atoms with van der Waals surface area (Å²) in [5, 5.41) is 2.99. The summed E-state index contributed by atoms with van der Waals surface area (Å²) in [6.45, 7) is 3.66. The molecule has 1 aromatic carbocycles. The number of nitrogens with one attached hydrogen (secondary N) is 1. The van der Waals surface area contributed by atoms with E-state index < -0.39 is 5.82 Å². The van der Waals surface area contributed by atoms with E-state index >= 15 is 0 Å². The number of rotatable bonds is 4. The van der Waals surface area contributed by atoms with Crippen molar-refractivity contribution in [2.24, 2.45) is 0 Å². The lowest BCUT2D eigenvalue weighted by Crippen LogP contribution is -2.10. The van der Waals surface area contributed by atoms with Gasteiger partial charge in [0.15, 0.2) is 0 Å². The lowest BCUT2D eigenvalue weighted by molar-refractivity contribution is 0.222. The molecule has 112 valence electrons. The molecule has 0 saturated heterocycles.